The number of nitrogens with one attached hydrogen (secondary N) is 1. The number of nitrogens with zero attached hydrogens (tertiary/aromatic N) is 3. The van der Waals surface area contributed by atoms with Crippen molar-refractivity contribution in [1.29, 1.82) is 0 Å². The number of methoxy groups -OCH3 is 1. The number of benzene rings is 1. The highest BCUT2D eigenvalue weighted by molar-refractivity contribution is 5.92. The van der Waals surface area contributed by atoms with Crippen LogP contribution in [0.25, 0.3) is 0 Å². The molecule has 0 aliphatic carbocycles. The Hall–Kier alpha value is -2.34. The molecule has 1 N–H and O–H groups in total. The fraction of sp³-hybridized carbons (Fsp3) is 0.583. The van der Waals surface area contributed by atoms with E-state index in [2.05, 4.69) is 38.8 Å². The normalized spacial score (nSPS) is 21.8. The van der Waals surface area contributed by atoms with E-state index >= 15 is 0 Å². The molecule has 6 heteroatoms. The molecule has 1 saturated heterocycles. The molecule has 0 radical (unpaired) electrons. The average Bonchev–Trinajstić information content (AvgIpc) is 3.21. The summed E-state index contributed by atoms with van der Waals surface area (Å²) in [7, 11) is 1.69. The molecule has 4 rings (SSSR count). The number of carbonyl (C=O) groups is 1. The second-order valence-electron chi connectivity index (χ2n) is 8.69. The third kappa shape index (κ3) is 4.86. The lowest BCUT2D eigenvalue weighted by Gasteiger charge is -2.33. The van der Waals surface area contributed by atoms with Crippen LogP contribution < -0.4 is 10.1 Å². The van der Waals surface area contributed by atoms with Crippen LogP contribution in [-0.2, 0) is 13.0 Å². The van der Waals surface area contributed by atoms with Gasteiger partial charge in [-0.3, -0.25) is 4.79 Å². The molecular formula is C24H34N4O2. The number of aromatic nitrogens is 2. The van der Waals surface area contributed by atoms with E-state index in [0.717, 1.165) is 43.9 Å². The van der Waals surface area contributed by atoms with Gasteiger partial charge in [0.15, 0.2) is 0 Å². The van der Waals surface area contributed by atoms with Crippen LogP contribution in [0.5, 0.6) is 5.75 Å². The maximum absolute atomic E-state index is 12.6. The smallest absolute Gasteiger partial charge is 0.271 e. The quantitative estimate of drug-likeness (QED) is 0.709. The molecule has 0 saturated carbocycles. The Morgan fingerprint density at radius 3 is 2.83 bits per heavy atom. The number of aryl methyl sites for hydroxylation is 1. The lowest BCUT2D eigenvalue weighted by molar-refractivity contribution is 0.0944. The minimum Gasteiger partial charge on any atom is -0.497 e. The summed E-state index contributed by atoms with van der Waals surface area (Å²) < 4.78 is 7.42. The number of hydrogen-bond acceptors (Lipinski definition) is 4. The summed E-state index contributed by atoms with van der Waals surface area (Å²) in [6.45, 7) is 6.14. The van der Waals surface area contributed by atoms with Crippen molar-refractivity contribution in [3.63, 3.8) is 0 Å². The van der Waals surface area contributed by atoms with Crippen LogP contribution in [0, 0.1) is 0 Å². The first kappa shape index (κ1) is 20.9. The highest BCUT2D eigenvalue weighted by atomic mass is 16.5. The molecule has 2 aliphatic heterocycles. The lowest BCUT2D eigenvalue weighted by Crippen LogP contribution is -2.39. The number of hydrogen-bond donors (Lipinski definition) is 1. The molecule has 2 aliphatic rings. The first-order chi connectivity index (χ1) is 14.6. The van der Waals surface area contributed by atoms with Gasteiger partial charge in [-0.2, -0.15) is 0 Å². The molecule has 6 nitrogen and oxygen atoms in total. The van der Waals surface area contributed by atoms with Crippen LogP contribution in [0.2, 0.25) is 0 Å². The van der Waals surface area contributed by atoms with Gasteiger partial charge in [-0.15, -0.1) is 0 Å². The molecule has 30 heavy (non-hydrogen) atoms. The van der Waals surface area contributed by atoms with Crippen molar-refractivity contribution in [1.82, 2.24) is 19.8 Å². The summed E-state index contributed by atoms with van der Waals surface area (Å²) >= 11 is 0. The van der Waals surface area contributed by atoms with Crippen LogP contribution >= 0.6 is 0 Å². The molecule has 1 aromatic carbocycles. The topological polar surface area (TPSA) is 59.4 Å². The molecule has 3 heterocycles. The van der Waals surface area contributed by atoms with E-state index in [-0.39, 0.29) is 5.91 Å². The first-order valence-electron chi connectivity index (χ1n) is 11.4. The number of piperidine rings is 1. The van der Waals surface area contributed by atoms with Gasteiger partial charge in [-0.05, 0) is 56.8 Å². The van der Waals surface area contributed by atoms with Gasteiger partial charge in [0.1, 0.15) is 17.3 Å². The number of fused-ring (bicyclic) bond motifs is 1. The van der Waals surface area contributed by atoms with Gasteiger partial charge in [0.05, 0.1) is 7.11 Å². The zero-order chi connectivity index (χ0) is 20.9. The lowest BCUT2D eigenvalue weighted by atomic mass is 9.91. The SMILES string of the molecule is COc1ccc([C@@H]2CCc3nc(C(=O)NCCCN4CCCC[C@@H]4C)cn3C2)cc1. The maximum atomic E-state index is 12.6. The van der Waals surface area contributed by atoms with Crippen molar-refractivity contribution in [2.24, 2.45) is 0 Å². The average molecular weight is 411 g/mol. The maximum Gasteiger partial charge on any atom is 0.271 e. The summed E-state index contributed by atoms with van der Waals surface area (Å²) in [5.74, 6) is 2.29. The summed E-state index contributed by atoms with van der Waals surface area (Å²) in [6.07, 6.45) is 8.81. The van der Waals surface area contributed by atoms with Crippen LogP contribution in [0.1, 0.15) is 66.8 Å². The van der Waals surface area contributed by atoms with Gasteiger partial charge < -0.3 is 19.5 Å². The highest BCUT2D eigenvalue weighted by Gasteiger charge is 2.23. The summed E-state index contributed by atoms with van der Waals surface area (Å²) in [4.78, 5) is 19.7. The highest BCUT2D eigenvalue weighted by Crippen LogP contribution is 2.30. The predicted octanol–water partition coefficient (Wildman–Crippen LogP) is 3.62. The third-order valence-electron chi connectivity index (χ3n) is 6.66. The van der Waals surface area contributed by atoms with Crippen molar-refractivity contribution in [2.75, 3.05) is 26.7 Å². The van der Waals surface area contributed by atoms with Crippen LogP contribution in [-0.4, -0.2) is 53.1 Å². The van der Waals surface area contributed by atoms with Gasteiger partial charge in [0, 0.05) is 44.2 Å². The van der Waals surface area contributed by atoms with E-state index in [1.165, 1.54) is 31.4 Å². The molecule has 1 amide bonds. The van der Waals surface area contributed by atoms with Crippen molar-refractivity contribution < 1.29 is 9.53 Å². The number of ether oxygens (including phenoxy) is 1. The third-order valence-corrected chi connectivity index (χ3v) is 6.66. The second-order valence-corrected chi connectivity index (χ2v) is 8.69. The van der Waals surface area contributed by atoms with Crippen LogP contribution in [0.4, 0.5) is 0 Å². The van der Waals surface area contributed by atoms with E-state index in [4.69, 9.17) is 4.74 Å². The Labute approximate surface area is 179 Å². The molecule has 0 unspecified atom stereocenters. The van der Waals surface area contributed by atoms with Crippen molar-refractivity contribution in [2.45, 2.75) is 64.0 Å². The minimum absolute atomic E-state index is 0.0513. The largest absolute Gasteiger partial charge is 0.497 e. The molecule has 2 aromatic rings. The van der Waals surface area contributed by atoms with Crippen molar-refractivity contribution in [3.8, 4) is 5.75 Å². The summed E-state index contributed by atoms with van der Waals surface area (Å²) in [5.41, 5.74) is 1.86. The fourth-order valence-electron chi connectivity index (χ4n) is 4.77. The zero-order valence-electron chi connectivity index (χ0n) is 18.3. The van der Waals surface area contributed by atoms with Gasteiger partial charge in [-0.1, -0.05) is 18.6 Å². The minimum atomic E-state index is -0.0513. The second kappa shape index (κ2) is 9.65. The van der Waals surface area contributed by atoms with Gasteiger partial charge in [0.2, 0.25) is 0 Å². The number of amides is 1. The molecule has 2 atom stereocenters. The fourth-order valence-corrected chi connectivity index (χ4v) is 4.77. The van der Waals surface area contributed by atoms with E-state index in [1.807, 2.05) is 18.3 Å². The Balaban J connectivity index is 1.28. The van der Waals surface area contributed by atoms with E-state index < -0.39 is 0 Å². The summed E-state index contributed by atoms with van der Waals surface area (Å²) in [6, 6.07) is 8.99. The molecular weight excluding hydrogens is 376 g/mol. The standard InChI is InChI=1S/C24H34N4O2/c1-18-6-3-4-14-27(18)15-5-13-25-24(29)22-17-28-16-20(9-12-23(28)26-22)19-7-10-21(30-2)11-8-19/h7-8,10-11,17-18,20H,3-6,9,12-16H2,1-2H3,(H,25,29)/t18-,20+/m0/s1. The van der Waals surface area contributed by atoms with Crippen LogP contribution in [0.3, 0.4) is 0 Å². The number of carbonyl (C=O) groups excluding carboxylic acids is 1. The molecule has 0 spiro atoms. The first-order valence-corrected chi connectivity index (χ1v) is 11.4. The molecule has 162 valence electrons. The van der Waals surface area contributed by atoms with Crippen molar-refractivity contribution >= 4 is 5.91 Å². The van der Waals surface area contributed by atoms with E-state index in [0.29, 0.717) is 24.2 Å². The number of rotatable bonds is 7. The molecule has 1 fully saturated rings. The summed E-state index contributed by atoms with van der Waals surface area (Å²) in [5, 5.41) is 3.06. The Bertz CT molecular complexity index is 845. The Morgan fingerprint density at radius 2 is 2.07 bits per heavy atom. The van der Waals surface area contributed by atoms with Gasteiger partial charge >= 0.3 is 0 Å². The molecule has 0 bridgehead atoms. The predicted molar refractivity (Wildman–Crippen MR) is 118 cm³/mol. The Morgan fingerprint density at radius 1 is 1.23 bits per heavy atom. The van der Waals surface area contributed by atoms with E-state index in [1.54, 1.807) is 7.11 Å². The van der Waals surface area contributed by atoms with E-state index in [9.17, 15) is 4.79 Å². The number of likely N-dealkylation sites (tertiary alicyclic amines) is 1. The van der Waals surface area contributed by atoms with Crippen LogP contribution in [0.15, 0.2) is 30.5 Å². The monoisotopic (exact) mass is 410 g/mol. The number of imidazole rings is 1. The van der Waals surface area contributed by atoms with Gasteiger partial charge in [0.25, 0.3) is 5.91 Å². The van der Waals surface area contributed by atoms with Crippen molar-refractivity contribution in [3.05, 3.63) is 47.5 Å². The zero-order valence-corrected chi connectivity index (χ0v) is 18.3. The molecule has 1 aromatic heterocycles. The van der Waals surface area contributed by atoms with Gasteiger partial charge in [-0.25, -0.2) is 4.98 Å². The Kier molecular flexibility index (Phi) is 6.72.